The highest BCUT2D eigenvalue weighted by atomic mass is 35.5. The molecule has 0 aliphatic rings. The zero-order chi connectivity index (χ0) is 27.0. The minimum atomic E-state index is -3.86. The zero-order valence-electron chi connectivity index (χ0n) is 21.2. The molecule has 0 spiro atoms. The second-order valence-electron chi connectivity index (χ2n) is 9.10. The SMILES string of the molecule is CC(C)NC(=O)[C@@H](Cc1ccccc1)N(Cc1ccccc1)C(=O)CN(c1ccccc1Cl)S(C)(=O)=O. The predicted octanol–water partition coefficient (Wildman–Crippen LogP) is 4.27. The number of benzene rings is 3. The Balaban J connectivity index is 2.04. The van der Waals surface area contributed by atoms with Gasteiger partial charge >= 0.3 is 0 Å². The van der Waals surface area contributed by atoms with E-state index >= 15 is 0 Å². The molecule has 0 aromatic heterocycles. The van der Waals surface area contributed by atoms with Crippen molar-refractivity contribution in [3.05, 3.63) is 101 Å². The summed E-state index contributed by atoms with van der Waals surface area (Å²) < 4.78 is 26.5. The fraction of sp³-hybridized carbons (Fsp3) is 0.286. The minimum Gasteiger partial charge on any atom is -0.352 e. The van der Waals surface area contributed by atoms with Gasteiger partial charge in [0.15, 0.2) is 0 Å². The number of nitrogens with zero attached hydrogens (tertiary/aromatic N) is 2. The van der Waals surface area contributed by atoms with Gasteiger partial charge in [-0.25, -0.2) is 8.42 Å². The summed E-state index contributed by atoms with van der Waals surface area (Å²) in [5, 5.41) is 3.13. The number of para-hydroxylation sites is 1. The smallest absolute Gasteiger partial charge is 0.244 e. The Morgan fingerprint density at radius 2 is 1.41 bits per heavy atom. The molecular weight excluding hydrogens is 510 g/mol. The molecule has 7 nitrogen and oxygen atoms in total. The average Bonchev–Trinajstić information content (AvgIpc) is 2.85. The van der Waals surface area contributed by atoms with E-state index in [1.54, 1.807) is 24.3 Å². The first-order chi connectivity index (χ1) is 17.6. The van der Waals surface area contributed by atoms with Crippen LogP contribution in [0.25, 0.3) is 0 Å². The van der Waals surface area contributed by atoms with Gasteiger partial charge in [-0.15, -0.1) is 0 Å². The topological polar surface area (TPSA) is 86.8 Å². The fourth-order valence-corrected chi connectivity index (χ4v) is 5.11. The van der Waals surface area contributed by atoms with Crippen LogP contribution in [-0.2, 0) is 32.6 Å². The maximum Gasteiger partial charge on any atom is 0.244 e. The minimum absolute atomic E-state index is 0.128. The highest BCUT2D eigenvalue weighted by Gasteiger charge is 2.33. The Morgan fingerprint density at radius 3 is 1.95 bits per heavy atom. The van der Waals surface area contributed by atoms with Crippen molar-refractivity contribution >= 4 is 39.1 Å². The van der Waals surface area contributed by atoms with Crippen molar-refractivity contribution in [2.75, 3.05) is 17.1 Å². The van der Waals surface area contributed by atoms with Crippen LogP contribution in [0, 0.1) is 0 Å². The van der Waals surface area contributed by atoms with E-state index in [2.05, 4.69) is 5.32 Å². The summed E-state index contributed by atoms with van der Waals surface area (Å²) in [5.41, 5.74) is 1.89. The zero-order valence-corrected chi connectivity index (χ0v) is 22.7. The van der Waals surface area contributed by atoms with E-state index in [9.17, 15) is 18.0 Å². The Morgan fingerprint density at radius 1 is 0.865 bits per heavy atom. The van der Waals surface area contributed by atoms with Gasteiger partial charge < -0.3 is 10.2 Å². The lowest BCUT2D eigenvalue weighted by Crippen LogP contribution is -2.54. The van der Waals surface area contributed by atoms with Gasteiger partial charge in [-0.1, -0.05) is 84.4 Å². The normalized spacial score (nSPS) is 12.1. The van der Waals surface area contributed by atoms with Crippen molar-refractivity contribution in [2.45, 2.75) is 38.9 Å². The Labute approximate surface area is 224 Å². The summed E-state index contributed by atoms with van der Waals surface area (Å²) in [4.78, 5) is 28.8. The molecule has 0 aliphatic carbocycles. The first-order valence-electron chi connectivity index (χ1n) is 12.0. The summed E-state index contributed by atoms with van der Waals surface area (Å²) in [6.45, 7) is 3.33. The molecule has 3 rings (SSSR count). The average molecular weight is 542 g/mol. The van der Waals surface area contributed by atoms with E-state index in [-0.39, 0.29) is 35.6 Å². The number of nitrogens with one attached hydrogen (secondary N) is 1. The van der Waals surface area contributed by atoms with Crippen LogP contribution in [0.5, 0.6) is 0 Å². The van der Waals surface area contributed by atoms with Gasteiger partial charge in [-0.2, -0.15) is 0 Å². The number of anilines is 1. The van der Waals surface area contributed by atoms with Crippen LogP contribution in [0.3, 0.4) is 0 Å². The molecule has 3 aromatic rings. The quantitative estimate of drug-likeness (QED) is 0.393. The molecule has 2 amide bonds. The number of rotatable bonds is 11. The van der Waals surface area contributed by atoms with Gasteiger partial charge in [-0.3, -0.25) is 13.9 Å². The maximum atomic E-state index is 13.9. The Kier molecular flexibility index (Phi) is 9.72. The summed E-state index contributed by atoms with van der Waals surface area (Å²) in [6, 6.07) is 24.2. The van der Waals surface area contributed by atoms with E-state index in [4.69, 9.17) is 11.6 Å². The van der Waals surface area contributed by atoms with E-state index in [0.717, 1.165) is 21.7 Å². The highest BCUT2D eigenvalue weighted by Crippen LogP contribution is 2.27. The summed E-state index contributed by atoms with van der Waals surface area (Å²) in [6.07, 6.45) is 1.29. The largest absolute Gasteiger partial charge is 0.352 e. The van der Waals surface area contributed by atoms with Crippen LogP contribution in [0.2, 0.25) is 5.02 Å². The molecule has 0 fully saturated rings. The molecule has 0 aliphatic heterocycles. The van der Waals surface area contributed by atoms with Gasteiger partial charge in [0, 0.05) is 19.0 Å². The Hall–Kier alpha value is -3.36. The van der Waals surface area contributed by atoms with Crippen molar-refractivity contribution in [1.82, 2.24) is 10.2 Å². The molecule has 0 radical (unpaired) electrons. The van der Waals surface area contributed by atoms with Crippen molar-refractivity contribution in [3.8, 4) is 0 Å². The number of amides is 2. The highest BCUT2D eigenvalue weighted by molar-refractivity contribution is 7.92. The third-order valence-corrected chi connectivity index (χ3v) is 7.14. The molecule has 37 heavy (non-hydrogen) atoms. The van der Waals surface area contributed by atoms with Crippen LogP contribution in [0.1, 0.15) is 25.0 Å². The van der Waals surface area contributed by atoms with Crippen molar-refractivity contribution < 1.29 is 18.0 Å². The van der Waals surface area contributed by atoms with Crippen LogP contribution >= 0.6 is 11.6 Å². The first kappa shape index (κ1) is 28.2. The predicted molar refractivity (Wildman–Crippen MR) is 148 cm³/mol. The third-order valence-electron chi connectivity index (χ3n) is 5.70. The molecule has 0 saturated carbocycles. The second kappa shape index (κ2) is 12.7. The van der Waals surface area contributed by atoms with Crippen LogP contribution in [0.4, 0.5) is 5.69 Å². The molecule has 3 aromatic carbocycles. The number of sulfonamides is 1. The van der Waals surface area contributed by atoms with Gasteiger partial charge in [0.2, 0.25) is 21.8 Å². The van der Waals surface area contributed by atoms with Crippen LogP contribution in [0.15, 0.2) is 84.9 Å². The fourth-order valence-electron chi connectivity index (χ4n) is 3.96. The van der Waals surface area contributed by atoms with E-state index in [1.807, 2.05) is 74.5 Å². The molecule has 0 saturated heterocycles. The standard InChI is InChI=1S/C28H32ClN3O4S/c1-21(2)30-28(34)26(18-22-12-6-4-7-13-22)31(19-23-14-8-5-9-15-23)27(33)20-32(37(3,35)36)25-17-11-10-16-24(25)29/h4-17,21,26H,18-20H2,1-3H3,(H,30,34)/t26-/m1/s1. The molecule has 1 N–H and O–H groups in total. The molecular formula is C28H32ClN3O4S. The van der Waals surface area contributed by atoms with Crippen molar-refractivity contribution in [1.29, 1.82) is 0 Å². The number of hydrogen-bond donors (Lipinski definition) is 1. The number of carbonyl (C=O) groups excluding carboxylic acids is 2. The number of hydrogen-bond acceptors (Lipinski definition) is 4. The van der Waals surface area contributed by atoms with Crippen molar-refractivity contribution in [2.24, 2.45) is 0 Å². The van der Waals surface area contributed by atoms with E-state index in [1.165, 1.54) is 4.90 Å². The summed E-state index contributed by atoms with van der Waals surface area (Å²) in [7, 11) is -3.86. The number of carbonyl (C=O) groups is 2. The second-order valence-corrected chi connectivity index (χ2v) is 11.4. The van der Waals surface area contributed by atoms with Gasteiger partial charge in [0.25, 0.3) is 0 Å². The molecule has 9 heteroatoms. The lowest BCUT2D eigenvalue weighted by molar-refractivity contribution is -0.140. The van der Waals surface area contributed by atoms with E-state index in [0.29, 0.717) is 0 Å². The van der Waals surface area contributed by atoms with Crippen LogP contribution in [-0.4, -0.2) is 50.0 Å². The summed E-state index contributed by atoms with van der Waals surface area (Å²) >= 11 is 6.30. The van der Waals surface area contributed by atoms with E-state index < -0.39 is 28.5 Å². The maximum absolute atomic E-state index is 13.9. The summed E-state index contributed by atoms with van der Waals surface area (Å²) in [5.74, 6) is -0.833. The molecule has 196 valence electrons. The Bertz CT molecular complexity index is 1300. The molecule has 1 atom stereocenters. The number of halogens is 1. The molecule has 0 unspecified atom stereocenters. The third kappa shape index (κ3) is 8.06. The van der Waals surface area contributed by atoms with Gasteiger partial charge in [0.1, 0.15) is 12.6 Å². The van der Waals surface area contributed by atoms with Gasteiger partial charge in [-0.05, 0) is 37.1 Å². The first-order valence-corrected chi connectivity index (χ1v) is 14.2. The molecule has 0 bridgehead atoms. The monoisotopic (exact) mass is 541 g/mol. The van der Waals surface area contributed by atoms with Crippen molar-refractivity contribution in [3.63, 3.8) is 0 Å². The molecule has 0 heterocycles. The lowest BCUT2D eigenvalue weighted by Gasteiger charge is -2.34. The lowest BCUT2D eigenvalue weighted by atomic mass is 10.0. The van der Waals surface area contributed by atoms with Gasteiger partial charge in [0.05, 0.1) is 17.0 Å². The van der Waals surface area contributed by atoms with Crippen LogP contribution < -0.4 is 9.62 Å².